The van der Waals surface area contributed by atoms with Gasteiger partial charge in [-0.1, -0.05) is 30.1 Å². The van der Waals surface area contributed by atoms with Gasteiger partial charge in [0, 0.05) is 19.1 Å². The molecule has 18 heteroatoms. The average Bonchev–Trinajstić information content (AvgIpc) is 3.75. The van der Waals surface area contributed by atoms with Crippen LogP contribution in [-0.2, 0) is 20.8 Å². The molecule has 296 valence electrons. The lowest BCUT2D eigenvalue weighted by Crippen LogP contribution is -2.33. The maximum atomic E-state index is 13.5. The Kier molecular flexibility index (Phi) is 17.3. The molecule has 1 saturated heterocycles. The van der Waals surface area contributed by atoms with Crippen LogP contribution in [0.4, 0.5) is 4.39 Å². The normalized spacial score (nSPS) is 15.4. The van der Waals surface area contributed by atoms with Gasteiger partial charge in [-0.2, -0.15) is 11.8 Å². The van der Waals surface area contributed by atoms with E-state index in [0.29, 0.717) is 18.0 Å². The van der Waals surface area contributed by atoms with Gasteiger partial charge in [0.1, 0.15) is 24.3 Å². The summed E-state index contributed by atoms with van der Waals surface area (Å²) in [6.07, 6.45) is 6.47. The Morgan fingerprint density at radius 1 is 1.20 bits per heavy atom. The molecule has 1 aromatic heterocycles. The number of hydrogen-bond acceptors (Lipinski definition) is 12. The molecule has 5 rings (SSSR count). The van der Waals surface area contributed by atoms with Gasteiger partial charge < -0.3 is 35.1 Å². The number of amides is 1. The van der Waals surface area contributed by atoms with Crippen LogP contribution in [-0.4, -0.2) is 118 Å². The van der Waals surface area contributed by atoms with Crippen molar-refractivity contribution >= 4 is 58.7 Å². The van der Waals surface area contributed by atoms with E-state index in [4.69, 9.17) is 53.7 Å². The summed E-state index contributed by atoms with van der Waals surface area (Å²) in [5.74, 6) is -1.48. The number of nitrogens with one attached hydrogen (secondary N) is 1. The molecule has 0 aliphatic carbocycles. The Labute approximate surface area is 328 Å². The van der Waals surface area contributed by atoms with Gasteiger partial charge in [-0.15, -0.1) is 0 Å². The van der Waals surface area contributed by atoms with Gasteiger partial charge in [-0.05, 0) is 75.5 Å². The van der Waals surface area contributed by atoms with Gasteiger partial charge >= 0.3 is 11.9 Å². The molecule has 0 saturated carbocycles. The van der Waals surface area contributed by atoms with Crippen molar-refractivity contribution in [3.63, 3.8) is 0 Å². The standard InChI is InChI=1S/C15H20Cl2N2O3.C15H14FN3O3.C6H13NO2S/c1-3-19-6-4-5-9(19)8-22-15(18)12-13(20)10(16)7-11(17)14(12)21-2;1-3-22-15(21)13-12-7-18(2)14(20)10-6-9(16)4-5-11(10)19(12)8-17-13;1-10-3-2-5(7)4-6(8)9/h7,9,18,20H,3-6,8H2,1-2H3;4-6,8H,3,7H2,1-2H3;5H,2-4,7H2,1H3,(H,8,9)/t;;5-/m..0/s1/i2*2-1;1-1. The number of likely N-dealkylation sites (tertiary alicyclic amines) is 1. The van der Waals surface area contributed by atoms with Gasteiger partial charge in [0.25, 0.3) is 5.91 Å². The maximum Gasteiger partial charge on any atom is 0.358 e. The number of aromatic hydroxyl groups is 1. The minimum atomic E-state index is -0.811. The number of hydrogen-bond donors (Lipinski definition) is 4. The first kappa shape index (κ1) is 44.3. The first-order chi connectivity index (χ1) is 25.7. The van der Waals surface area contributed by atoms with E-state index in [1.807, 2.05) is 6.26 Å². The number of nitrogens with two attached hydrogens (primary N) is 1. The SMILES string of the molecule is CCN1CCCC1COC(=N)c1c(O)c(Cl)cc(Cl)c1O[11CH3].CCOC(=O)c1ncn2c1CN([11CH3])C(=O)c1cc(F)ccc1-2.[11CH3]SCC[C@H](N)CC(=O)O. The summed E-state index contributed by atoms with van der Waals surface area (Å²) < 4.78 is 30.8. The Bertz CT molecular complexity index is 1800. The molecule has 2 atom stereocenters. The molecular weight excluding hydrogens is 763 g/mol. The van der Waals surface area contributed by atoms with Crippen LogP contribution < -0.4 is 10.5 Å². The van der Waals surface area contributed by atoms with Crippen molar-refractivity contribution in [3.05, 3.63) is 69.0 Å². The third-order valence-corrected chi connectivity index (χ3v) is 9.78. The van der Waals surface area contributed by atoms with Crippen LogP contribution in [0.3, 0.4) is 0 Å². The molecule has 1 unspecified atom stereocenters. The van der Waals surface area contributed by atoms with Crippen molar-refractivity contribution in [3.8, 4) is 17.2 Å². The number of methoxy groups -OCH3 is 1. The molecule has 2 aromatic carbocycles. The second kappa shape index (κ2) is 21.1. The van der Waals surface area contributed by atoms with E-state index in [1.165, 1.54) is 42.6 Å². The highest BCUT2D eigenvalue weighted by molar-refractivity contribution is 7.98. The smallest absolute Gasteiger partial charge is 0.358 e. The second-order valence-corrected chi connectivity index (χ2v) is 14.1. The molecule has 3 aromatic rings. The van der Waals surface area contributed by atoms with Gasteiger partial charge in [0.2, 0.25) is 5.90 Å². The van der Waals surface area contributed by atoms with Crippen LogP contribution in [0, 0.1) is 11.2 Å². The van der Waals surface area contributed by atoms with E-state index in [2.05, 4.69) is 16.8 Å². The number of rotatable bonds is 12. The van der Waals surface area contributed by atoms with Crippen molar-refractivity contribution in [2.75, 3.05) is 52.5 Å². The molecule has 14 nitrogen and oxygen atoms in total. The number of imidazole rings is 1. The minimum absolute atomic E-state index is 0.0604. The molecule has 1 amide bonds. The van der Waals surface area contributed by atoms with Crippen molar-refractivity contribution in [1.29, 1.82) is 5.41 Å². The fraction of sp³-hybridized carbons (Fsp3) is 0.472. The van der Waals surface area contributed by atoms with Crippen molar-refractivity contribution in [1.82, 2.24) is 19.4 Å². The van der Waals surface area contributed by atoms with Crippen LogP contribution in [0.15, 0.2) is 30.6 Å². The lowest BCUT2D eigenvalue weighted by Gasteiger charge is -2.23. The summed E-state index contributed by atoms with van der Waals surface area (Å²) in [5, 5.41) is 26.8. The average molecular weight is 811 g/mol. The Morgan fingerprint density at radius 2 is 1.93 bits per heavy atom. The number of benzene rings is 2. The molecule has 2 aliphatic rings. The Balaban J connectivity index is 0.000000234. The van der Waals surface area contributed by atoms with Gasteiger partial charge in [0.05, 0.1) is 53.7 Å². The largest absolute Gasteiger partial charge is 0.505 e. The highest BCUT2D eigenvalue weighted by Gasteiger charge is 2.30. The van der Waals surface area contributed by atoms with Crippen molar-refractivity contribution < 1.29 is 43.2 Å². The molecule has 0 spiro atoms. The molecule has 0 radical (unpaired) electrons. The number of carbonyl (C=O) groups excluding carboxylic acids is 2. The van der Waals surface area contributed by atoms with Crippen LogP contribution in [0.25, 0.3) is 5.69 Å². The van der Waals surface area contributed by atoms with Crippen LogP contribution in [0.2, 0.25) is 10.0 Å². The molecular formula is C36H47Cl2FN6O8S. The number of ether oxygens (including phenoxy) is 3. The predicted octanol–water partition coefficient (Wildman–Crippen LogP) is 5.85. The molecule has 3 heterocycles. The van der Waals surface area contributed by atoms with E-state index >= 15 is 0 Å². The predicted molar refractivity (Wildman–Crippen MR) is 206 cm³/mol. The first-order valence-electron chi connectivity index (χ1n) is 17.1. The van der Waals surface area contributed by atoms with E-state index in [1.54, 1.807) is 30.3 Å². The molecule has 2 aliphatic heterocycles. The number of phenols is 1. The molecule has 1 fully saturated rings. The van der Waals surface area contributed by atoms with E-state index in [-0.39, 0.29) is 81.8 Å². The number of halogens is 3. The molecule has 5 N–H and O–H groups in total. The summed E-state index contributed by atoms with van der Waals surface area (Å²) in [6.45, 7) is 6.63. The van der Waals surface area contributed by atoms with E-state index in [9.17, 15) is 23.9 Å². The number of aromatic nitrogens is 2. The number of phenolic OH excluding ortho intramolecular Hbond substituents is 1. The topological polar surface area (TPSA) is 194 Å². The van der Waals surface area contributed by atoms with Crippen LogP contribution in [0.1, 0.15) is 71.6 Å². The molecule has 54 heavy (non-hydrogen) atoms. The Hall–Kier alpha value is -4.09. The van der Waals surface area contributed by atoms with Crippen molar-refractivity contribution in [2.45, 2.75) is 58.2 Å². The number of likely N-dealkylation sites (N-methyl/N-ethyl adjacent to an activating group) is 1. The van der Waals surface area contributed by atoms with Crippen LogP contribution in [0.5, 0.6) is 11.5 Å². The van der Waals surface area contributed by atoms with Crippen molar-refractivity contribution in [2.24, 2.45) is 5.73 Å². The highest BCUT2D eigenvalue weighted by Crippen LogP contribution is 2.40. The summed E-state index contributed by atoms with van der Waals surface area (Å²) in [6, 6.07) is 5.45. The highest BCUT2D eigenvalue weighted by atomic mass is 35.5. The Morgan fingerprint density at radius 3 is 2.56 bits per heavy atom. The number of esters is 1. The van der Waals surface area contributed by atoms with E-state index < -0.39 is 17.8 Å². The summed E-state index contributed by atoms with van der Waals surface area (Å²) >= 11 is 13.6. The third-order valence-electron chi connectivity index (χ3n) is 8.56. The second-order valence-electron chi connectivity index (χ2n) is 12.3. The van der Waals surface area contributed by atoms with Gasteiger partial charge in [0.15, 0.2) is 17.2 Å². The number of carbonyl (C=O) groups is 3. The zero-order chi connectivity index (χ0) is 40.1. The number of carboxylic acids is 1. The number of fused-ring (bicyclic) bond motifs is 3. The third kappa shape index (κ3) is 11.5. The van der Waals surface area contributed by atoms with Gasteiger partial charge in [-0.3, -0.25) is 24.5 Å². The minimum Gasteiger partial charge on any atom is -0.505 e. The fourth-order valence-electron chi connectivity index (χ4n) is 5.84. The monoisotopic (exact) mass is 809 g/mol. The first-order valence-corrected chi connectivity index (χ1v) is 19.3. The lowest BCUT2D eigenvalue weighted by molar-refractivity contribution is -0.137. The van der Waals surface area contributed by atoms with E-state index in [0.717, 1.165) is 38.1 Å². The summed E-state index contributed by atoms with van der Waals surface area (Å²) in [4.78, 5) is 42.3. The maximum absolute atomic E-state index is 13.5. The number of aliphatic carboxylic acids is 1. The zero-order valence-corrected chi connectivity index (χ0v) is 33.2. The quantitative estimate of drug-likeness (QED) is 0.0971. The molecule has 0 bridgehead atoms. The number of thioether (sulfide) groups is 1. The number of nitrogens with zero attached hydrogens (tertiary/aromatic N) is 4. The summed E-state index contributed by atoms with van der Waals surface area (Å²) in [5.41, 5.74) is 6.98. The number of carboxylic acid groups (broad SMARTS) is 1. The summed E-state index contributed by atoms with van der Waals surface area (Å²) in [7, 11) is 3.01. The van der Waals surface area contributed by atoms with Crippen LogP contribution >= 0.6 is 35.0 Å². The lowest BCUT2D eigenvalue weighted by atomic mass is 10.1. The fourth-order valence-corrected chi connectivity index (χ4v) is 6.92. The zero-order valence-electron chi connectivity index (χ0n) is 30.9. The van der Waals surface area contributed by atoms with Gasteiger partial charge in [-0.25, -0.2) is 14.2 Å².